The van der Waals surface area contributed by atoms with E-state index in [2.05, 4.69) is 63.1 Å². The van der Waals surface area contributed by atoms with Crippen LogP contribution in [0.15, 0.2) is 36.4 Å². The molecule has 1 saturated heterocycles. The maximum Gasteiger partial charge on any atom is 0.147 e. The van der Waals surface area contributed by atoms with Crippen molar-refractivity contribution in [2.75, 3.05) is 0 Å². The highest BCUT2D eigenvalue weighted by Gasteiger charge is 2.38. The van der Waals surface area contributed by atoms with Gasteiger partial charge in [0, 0.05) is 25.0 Å². The third-order valence-electron chi connectivity index (χ3n) is 5.95. The Kier molecular flexibility index (Phi) is 3.33. The summed E-state index contributed by atoms with van der Waals surface area (Å²) in [6.07, 6.45) is 8.79. The van der Waals surface area contributed by atoms with Crippen molar-refractivity contribution in [1.29, 1.82) is 0 Å². The Bertz CT molecular complexity index is 772. The van der Waals surface area contributed by atoms with E-state index in [0.717, 1.165) is 18.8 Å². The molecule has 1 saturated carbocycles. The molecular weight excluding hydrogens is 296 g/mol. The molecule has 1 aromatic heterocycles. The number of nitrogens with zero attached hydrogens (tertiary/aromatic N) is 4. The van der Waals surface area contributed by atoms with E-state index < -0.39 is 0 Å². The number of hydrogen-bond donors (Lipinski definition) is 0. The van der Waals surface area contributed by atoms with Gasteiger partial charge < -0.3 is 4.57 Å². The van der Waals surface area contributed by atoms with Crippen molar-refractivity contribution < 1.29 is 0 Å². The van der Waals surface area contributed by atoms with E-state index in [-0.39, 0.29) is 0 Å². The molecule has 5 rings (SSSR count). The Balaban J connectivity index is 1.38. The van der Waals surface area contributed by atoms with Crippen LogP contribution in [0.3, 0.4) is 0 Å². The average molecular weight is 320 g/mol. The molecule has 3 aliphatic rings. The van der Waals surface area contributed by atoms with Crippen LogP contribution in [0.2, 0.25) is 0 Å². The van der Waals surface area contributed by atoms with E-state index in [9.17, 15) is 0 Å². The SMILES string of the molecule is Cn1c(CN2C3C=C(c4ccccc4)CC2CC3)nnc1C1CC1. The summed E-state index contributed by atoms with van der Waals surface area (Å²) in [6.45, 7) is 0.935. The standard InChI is InChI=1S/C20H24N4/c1-23-19(21-22-20(23)15-7-8-15)13-24-17-9-10-18(24)12-16(11-17)14-5-3-2-4-6-14/h2-6,11,15,17-18H,7-10,12-13H2,1H3. The number of fused-ring (bicyclic) bond motifs is 2. The molecule has 2 unspecified atom stereocenters. The van der Waals surface area contributed by atoms with Gasteiger partial charge in [0.2, 0.25) is 0 Å². The van der Waals surface area contributed by atoms with Crippen LogP contribution in [-0.2, 0) is 13.6 Å². The van der Waals surface area contributed by atoms with Crippen LogP contribution in [0.25, 0.3) is 5.57 Å². The van der Waals surface area contributed by atoms with Gasteiger partial charge in [-0.15, -0.1) is 10.2 Å². The lowest BCUT2D eigenvalue weighted by molar-refractivity contribution is 0.196. The third-order valence-corrected chi connectivity index (χ3v) is 5.95. The summed E-state index contributed by atoms with van der Waals surface area (Å²) in [5.41, 5.74) is 2.92. The predicted octanol–water partition coefficient (Wildman–Crippen LogP) is 3.51. The Labute approximate surface area is 143 Å². The van der Waals surface area contributed by atoms with Crippen LogP contribution >= 0.6 is 0 Å². The van der Waals surface area contributed by atoms with Crippen LogP contribution in [0.5, 0.6) is 0 Å². The molecule has 0 radical (unpaired) electrons. The Morgan fingerprint density at radius 1 is 1.04 bits per heavy atom. The first kappa shape index (κ1) is 14.4. The number of benzene rings is 1. The van der Waals surface area contributed by atoms with E-state index in [1.54, 1.807) is 0 Å². The second-order valence-electron chi connectivity index (χ2n) is 7.54. The molecular formula is C20H24N4. The summed E-state index contributed by atoms with van der Waals surface area (Å²) in [6, 6.07) is 12.1. The molecule has 2 fully saturated rings. The molecule has 0 N–H and O–H groups in total. The molecule has 1 aromatic carbocycles. The van der Waals surface area contributed by atoms with Crippen LogP contribution < -0.4 is 0 Å². The molecule has 24 heavy (non-hydrogen) atoms. The van der Waals surface area contributed by atoms with Gasteiger partial charge in [-0.1, -0.05) is 36.4 Å². The highest BCUT2D eigenvalue weighted by Crippen LogP contribution is 2.41. The quantitative estimate of drug-likeness (QED) is 0.864. The van der Waals surface area contributed by atoms with E-state index >= 15 is 0 Å². The summed E-state index contributed by atoms with van der Waals surface area (Å²) < 4.78 is 2.24. The first-order valence-electron chi connectivity index (χ1n) is 9.19. The zero-order valence-corrected chi connectivity index (χ0v) is 14.2. The van der Waals surface area contributed by atoms with Crippen molar-refractivity contribution in [2.24, 2.45) is 7.05 Å². The van der Waals surface area contributed by atoms with Crippen molar-refractivity contribution >= 4 is 5.57 Å². The van der Waals surface area contributed by atoms with Gasteiger partial charge >= 0.3 is 0 Å². The van der Waals surface area contributed by atoms with Crippen LogP contribution in [0, 0.1) is 0 Å². The van der Waals surface area contributed by atoms with Gasteiger partial charge in [-0.25, -0.2) is 0 Å². The van der Waals surface area contributed by atoms with Crippen molar-refractivity contribution in [1.82, 2.24) is 19.7 Å². The summed E-state index contributed by atoms with van der Waals surface area (Å²) >= 11 is 0. The lowest BCUT2D eigenvalue weighted by Crippen LogP contribution is -2.38. The lowest BCUT2D eigenvalue weighted by Gasteiger charge is -2.33. The number of aromatic nitrogens is 3. The second kappa shape index (κ2) is 5.55. The number of rotatable bonds is 4. The largest absolute Gasteiger partial charge is 0.317 e. The van der Waals surface area contributed by atoms with Crippen LogP contribution in [-0.4, -0.2) is 31.7 Å². The van der Waals surface area contributed by atoms with Gasteiger partial charge in [0.1, 0.15) is 11.6 Å². The molecule has 2 bridgehead atoms. The van der Waals surface area contributed by atoms with Gasteiger partial charge in [-0.2, -0.15) is 0 Å². The monoisotopic (exact) mass is 320 g/mol. The summed E-state index contributed by atoms with van der Waals surface area (Å²) in [5.74, 6) is 2.99. The maximum atomic E-state index is 4.50. The molecule has 2 aliphatic heterocycles. The average Bonchev–Trinajstić information content (AvgIpc) is 3.35. The van der Waals surface area contributed by atoms with Crippen molar-refractivity contribution in [3.63, 3.8) is 0 Å². The zero-order valence-electron chi connectivity index (χ0n) is 14.2. The Morgan fingerprint density at radius 2 is 1.88 bits per heavy atom. The summed E-state index contributed by atoms with van der Waals surface area (Å²) in [7, 11) is 2.14. The maximum absolute atomic E-state index is 4.50. The van der Waals surface area contributed by atoms with E-state index in [1.165, 1.54) is 42.6 Å². The van der Waals surface area contributed by atoms with Crippen molar-refractivity contribution in [3.8, 4) is 0 Å². The second-order valence-corrected chi connectivity index (χ2v) is 7.54. The molecule has 124 valence electrons. The van der Waals surface area contributed by atoms with Gasteiger partial charge in [0.05, 0.1) is 6.54 Å². The first-order valence-corrected chi connectivity index (χ1v) is 9.19. The topological polar surface area (TPSA) is 34.0 Å². The molecule has 4 nitrogen and oxygen atoms in total. The van der Waals surface area contributed by atoms with Gasteiger partial charge in [-0.3, -0.25) is 4.90 Å². The summed E-state index contributed by atoms with van der Waals surface area (Å²) in [4.78, 5) is 2.65. The highest BCUT2D eigenvalue weighted by molar-refractivity contribution is 5.68. The molecule has 4 heteroatoms. The Hall–Kier alpha value is -1.94. The molecule has 0 spiro atoms. The molecule has 1 aliphatic carbocycles. The van der Waals surface area contributed by atoms with E-state index in [4.69, 9.17) is 0 Å². The summed E-state index contributed by atoms with van der Waals surface area (Å²) in [5, 5.41) is 8.94. The molecule has 0 amide bonds. The normalized spacial score (nSPS) is 26.6. The van der Waals surface area contributed by atoms with Gasteiger partial charge in [-0.05, 0) is 43.2 Å². The molecule has 2 aromatic rings. The fourth-order valence-electron chi connectivity index (χ4n) is 4.40. The molecule has 3 heterocycles. The van der Waals surface area contributed by atoms with Gasteiger partial charge in [0.25, 0.3) is 0 Å². The smallest absolute Gasteiger partial charge is 0.147 e. The minimum atomic E-state index is 0.556. The fourth-order valence-corrected chi connectivity index (χ4v) is 4.40. The minimum Gasteiger partial charge on any atom is -0.317 e. The van der Waals surface area contributed by atoms with Crippen LogP contribution in [0.1, 0.15) is 55.2 Å². The predicted molar refractivity (Wildman–Crippen MR) is 94.4 cm³/mol. The van der Waals surface area contributed by atoms with Gasteiger partial charge in [0.15, 0.2) is 0 Å². The lowest BCUT2D eigenvalue weighted by atomic mass is 9.95. The van der Waals surface area contributed by atoms with Crippen molar-refractivity contribution in [2.45, 2.75) is 56.7 Å². The first-order chi connectivity index (χ1) is 11.8. The van der Waals surface area contributed by atoms with Crippen molar-refractivity contribution in [3.05, 3.63) is 53.6 Å². The molecule has 2 atom stereocenters. The minimum absolute atomic E-state index is 0.556. The fraction of sp³-hybridized carbons (Fsp3) is 0.500. The van der Waals surface area contributed by atoms with E-state index in [0.29, 0.717) is 18.0 Å². The number of hydrogen-bond acceptors (Lipinski definition) is 3. The third kappa shape index (κ3) is 2.40. The van der Waals surface area contributed by atoms with Crippen LogP contribution in [0.4, 0.5) is 0 Å². The highest BCUT2D eigenvalue weighted by atomic mass is 15.3. The zero-order chi connectivity index (χ0) is 16.1. The Morgan fingerprint density at radius 3 is 2.62 bits per heavy atom. The van der Waals surface area contributed by atoms with E-state index in [1.807, 2.05) is 0 Å².